The molecule has 0 aliphatic carbocycles. The molecule has 4 aromatic rings. The summed E-state index contributed by atoms with van der Waals surface area (Å²) >= 11 is 1.28. The molecule has 0 spiro atoms. The summed E-state index contributed by atoms with van der Waals surface area (Å²) in [5.41, 5.74) is 3.70. The molecular weight excluding hydrogens is 498 g/mol. The second-order valence-corrected chi connectivity index (χ2v) is 12.0. The number of hydrogen-bond donors (Lipinski definition) is 1. The zero-order valence-electron chi connectivity index (χ0n) is 22.6. The molecule has 0 radical (unpaired) electrons. The molecule has 1 amide bonds. The van der Waals surface area contributed by atoms with E-state index in [1.807, 2.05) is 97.0 Å². The fraction of sp³-hybridized carbons (Fsp3) is 0.345. The number of hydrogen-bond acceptors (Lipinski definition) is 8. The Morgan fingerprint density at radius 1 is 0.947 bits per heavy atom. The van der Waals surface area contributed by atoms with Gasteiger partial charge in [-0.1, -0.05) is 23.5 Å². The normalized spacial score (nSPS) is 16.7. The molecule has 196 valence electrons. The van der Waals surface area contributed by atoms with Gasteiger partial charge < -0.3 is 14.8 Å². The number of aryl methyl sites for hydroxylation is 1. The van der Waals surface area contributed by atoms with Gasteiger partial charge >= 0.3 is 0 Å². The minimum Gasteiger partial charge on any atom is -0.488 e. The predicted molar refractivity (Wildman–Crippen MR) is 148 cm³/mol. The molecule has 8 nitrogen and oxygen atoms in total. The first kappa shape index (κ1) is 25.8. The van der Waals surface area contributed by atoms with E-state index in [9.17, 15) is 4.79 Å². The van der Waals surface area contributed by atoms with Gasteiger partial charge in [-0.05, 0) is 84.9 Å². The molecule has 1 aliphatic rings. The maximum Gasteiger partial charge on any atom is 0.233 e. The zero-order valence-corrected chi connectivity index (χ0v) is 23.4. The summed E-state index contributed by atoms with van der Waals surface area (Å²) in [6, 6.07) is 15.7. The van der Waals surface area contributed by atoms with E-state index in [-0.39, 0.29) is 11.5 Å². The van der Waals surface area contributed by atoms with E-state index in [2.05, 4.69) is 20.5 Å². The molecule has 38 heavy (non-hydrogen) atoms. The number of ether oxygens (including phenoxy) is 2. The molecule has 0 saturated heterocycles. The predicted octanol–water partition coefficient (Wildman–Crippen LogP) is 6.56. The van der Waals surface area contributed by atoms with Crippen molar-refractivity contribution in [2.75, 3.05) is 5.32 Å². The quantitative estimate of drug-likeness (QED) is 0.313. The third kappa shape index (κ3) is 4.51. The van der Waals surface area contributed by atoms with Gasteiger partial charge in [-0.2, -0.15) is 0 Å². The number of nitrogens with zero attached hydrogens (tertiary/aromatic N) is 4. The molecule has 9 heteroatoms. The van der Waals surface area contributed by atoms with E-state index in [0.717, 1.165) is 33.8 Å². The van der Waals surface area contributed by atoms with Crippen LogP contribution in [0, 0.1) is 12.3 Å². The number of carbonyl (C=O) groups is 1. The van der Waals surface area contributed by atoms with Gasteiger partial charge in [0, 0.05) is 27.8 Å². The van der Waals surface area contributed by atoms with Gasteiger partial charge in [-0.15, -0.1) is 10.2 Å². The smallest absolute Gasteiger partial charge is 0.233 e. The molecule has 5 rings (SSSR count). The minimum atomic E-state index is -0.933. The third-order valence-electron chi connectivity index (χ3n) is 7.10. The van der Waals surface area contributed by atoms with Crippen molar-refractivity contribution in [2.24, 2.45) is 5.41 Å². The fourth-order valence-corrected chi connectivity index (χ4v) is 5.16. The number of benzene rings is 1. The van der Waals surface area contributed by atoms with Crippen LogP contribution in [0.4, 0.5) is 5.13 Å². The monoisotopic (exact) mass is 529 g/mol. The van der Waals surface area contributed by atoms with Crippen LogP contribution in [-0.2, 0) is 10.2 Å². The van der Waals surface area contributed by atoms with Crippen LogP contribution in [0.3, 0.4) is 0 Å². The van der Waals surface area contributed by atoms with Crippen LogP contribution in [0.15, 0.2) is 54.0 Å². The summed E-state index contributed by atoms with van der Waals surface area (Å²) in [6.45, 7) is 13.9. The van der Waals surface area contributed by atoms with Gasteiger partial charge in [-0.3, -0.25) is 4.79 Å². The lowest BCUT2D eigenvalue weighted by Crippen LogP contribution is -2.50. The van der Waals surface area contributed by atoms with Crippen LogP contribution < -0.4 is 14.8 Å². The lowest BCUT2D eigenvalue weighted by atomic mass is 9.58. The van der Waals surface area contributed by atoms with Gasteiger partial charge in [0.1, 0.15) is 16.9 Å². The molecule has 1 atom stereocenters. The number of anilines is 1. The van der Waals surface area contributed by atoms with Crippen molar-refractivity contribution in [3.05, 3.63) is 70.9 Å². The molecule has 1 N–H and O–H groups in total. The highest BCUT2D eigenvalue weighted by atomic mass is 32.1. The summed E-state index contributed by atoms with van der Waals surface area (Å²) in [4.78, 5) is 23.3. The number of aromatic nitrogens is 4. The summed E-state index contributed by atoms with van der Waals surface area (Å²) in [7, 11) is 0. The third-order valence-corrected chi connectivity index (χ3v) is 7.71. The van der Waals surface area contributed by atoms with Crippen molar-refractivity contribution in [3.63, 3.8) is 0 Å². The lowest BCUT2D eigenvalue weighted by Gasteiger charge is -2.46. The first-order valence-corrected chi connectivity index (χ1v) is 13.3. The van der Waals surface area contributed by atoms with Crippen LogP contribution in [0.2, 0.25) is 0 Å². The van der Waals surface area contributed by atoms with Gasteiger partial charge in [0.2, 0.25) is 22.8 Å². The van der Waals surface area contributed by atoms with E-state index in [0.29, 0.717) is 16.9 Å². The molecule has 1 aliphatic heterocycles. The Labute approximate surface area is 226 Å². The van der Waals surface area contributed by atoms with E-state index in [4.69, 9.17) is 14.5 Å². The van der Waals surface area contributed by atoms with E-state index in [1.165, 1.54) is 11.3 Å². The number of amides is 1. The highest BCUT2D eigenvalue weighted by Crippen LogP contribution is 2.55. The SMILES string of the molecule is Cc1ccc2c(n1)Oc1nc(-c3ccc(OC(C)(C)C)cc3)ccc1C2(C)C(C)(C)C(=O)Nc1nncs1. The van der Waals surface area contributed by atoms with Crippen molar-refractivity contribution < 1.29 is 14.3 Å². The van der Waals surface area contributed by atoms with Crippen LogP contribution in [0.1, 0.15) is 58.4 Å². The number of rotatable bonds is 5. The summed E-state index contributed by atoms with van der Waals surface area (Å²) in [5.74, 6) is 1.49. The molecule has 3 aromatic heterocycles. The van der Waals surface area contributed by atoms with Crippen molar-refractivity contribution in [2.45, 2.75) is 59.5 Å². The Morgan fingerprint density at radius 3 is 2.24 bits per heavy atom. The van der Waals surface area contributed by atoms with Gasteiger partial charge in [0.25, 0.3) is 0 Å². The Bertz CT molecular complexity index is 1490. The van der Waals surface area contributed by atoms with Crippen LogP contribution >= 0.6 is 11.3 Å². The molecule has 0 saturated carbocycles. The van der Waals surface area contributed by atoms with Crippen LogP contribution in [-0.4, -0.2) is 31.7 Å². The molecular formula is C29H31N5O3S. The van der Waals surface area contributed by atoms with Crippen molar-refractivity contribution in [1.82, 2.24) is 20.2 Å². The number of pyridine rings is 2. The van der Waals surface area contributed by atoms with Crippen molar-refractivity contribution in [1.29, 1.82) is 0 Å². The highest BCUT2D eigenvalue weighted by Gasteiger charge is 2.54. The average Bonchev–Trinajstić information content (AvgIpc) is 3.36. The van der Waals surface area contributed by atoms with E-state index < -0.39 is 10.8 Å². The topological polar surface area (TPSA) is 99.1 Å². The second kappa shape index (κ2) is 9.16. The first-order valence-electron chi connectivity index (χ1n) is 12.4. The maximum absolute atomic E-state index is 13.7. The van der Waals surface area contributed by atoms with Crippen molar-refractivity contribution in [3.8, 4) is 28.8 Å². The molecule has 1 unspecified atom stereocenters. The highest BCUT2D eigenvalue weighted by molar-refractivity contribution is 7.13. The summed E-state index contributed by atoms with van der Waals surface area (Å²) < 4.78 is 12.2. The molecule has 4 heterocycles. The van der Waals surface area contributed by atoms with Crippen molar-refractivity contribution >= 4 is 22.4 Å². The van der Waals surface area contributed by atoms with Crippen LogP contribution in [0.5, 0.6) is 17.5 Å². The maximum atomic E-state index is 13.7. The first-order chi connectivity index (χ1) is 17.9. The Morgan fingerprint density at radius 2 is 1.61 bits per heavy atom. The average molecular weight is 530 g/mol. The number of fused-ring (bicyclic) bond motifs is 2. The van der Waals surface area contributed by atoms with Crippen LogP contribution in [0.25, 0.3) is 11.3 Å². The molecule has 0 bridgehead atoms. The van der Waals surface area contributed by atoms with E-state index >= 15 is 0 Å². The van der Waals surface area contributed by atoms with Gasteiger partial charge in [0.05, 0.1) is 11.1 Å². The van der Waals surface area contributed by atoms with E-state index in [1.54, 1.807) is 5.51 Å². The zero-order chi connectivity index (χ0) is 27.3. The standard InChI is InChI=1S/C29H31N5O3S/c1-17-8-13-20-23(31-17)36-24-21(29(20,7)28(5,6)25(35)33-26-34-30-16-38-26)14-15-22(32-24)18-9-11-19(12-10-18)37-27(2,3)4/h8-16H,1-7H3,(H,33,34,35). The van der Waals surface area contributed by atoms with Gasteiger partial charge in [-0.25, -0.2) is 9.97 Å². The molecule has 1 aromatic carbocycles. The molecule has 0 fully saturated rings. The minimum absolute atomic E-state index is 0.186. The Balaban J connectivity index is 1.58. The second-order valence-electron chi connectivity index (χ2n) is 11.1. The fourth-order valence-electron chi connectivity index (χ4n) is 4.72. The Kier molecular flexibility index (Phi) is 6.22. The summed E-state index contributed by atoms with van der Waals surface area (Å²) in [5, 5.41) is 11.2. The summed E-state index contributed by atoms with van der Waals surface area (Å²) in [6.07, 6.45) is 0. The largest absolute Gasteiger partial charge is 0.488 e. The Hall–Kier alpha value is -3.85. The van der Waals surface area contributed by atoms with Gasteiger partial charge in [0.15, 0.2) is 0 Å². The lowest BCUT2D eigenvalue weighted by molar-refractivity contribution is -0.126. The number of nitrogens with one attached hydrogen (secondary N) is 1. The number of carbonyl (C=O) groups excluding carboxylic acids is 1.